The van der Waals surface area contributed by atoms with Crippen molar-refractivity contribution in [2.45, 2.75) is 26.7 Å². The molecule has 0 fully saturated rings. The summed E-state index contributed by atoms with van der Waals surface area (Å²) in [5, 5.41) is 3.34. The molecule has 1 rings (SSSR count). The smallest absolute Gasteiger partial charge is 0.0573 e. The molecule has 0 amide bonds. The summed E-state index contributed by atoms with van der Waals surface area (Å²) in [4.78, 5) is 0. The summed E-state index contributed by atoms with van der Waals surface area (Å²) < 4.78 is 0. The summed E-state index contributed by atoms with van der Waals surface area (Å²) in [7, 11) is 0. The van der Waals surface area contributed by atoms with E-state index in [9.17, 15) is 0 Å². The minimum Gasteiger partial charge on any atom is -0.397 e. The molecule has 0 spiro atoms. The van der Waals surface area contributed by atoms with Crippen LogP contribution in [-0.2, 0) is 0 Å². The van der Waals surface area contributed by atoms with E-state index in [1.165, 1.54) is 12.8 Å². The summed E-state index contributed by atoms with van der Waals surface area (Å²) >= 11 is 0. The van der Waals surface area contributed by atoms with Crippen LogP contribution in [0.25, 0.3) is 0 Å². The van der Waals surface area contributed by atoms with Crippen LogP contribution < -0.4 is 11.1 Å². The lowest BCUT2D eigenvalue weighted by atomic mass is 10.1. The number of nitrogens with one attached hydrogen (secondary N) is 1. The number of hydrogen-bond acceptors (Lipinski definition) is 2. The van der Waals surface area contributed by atoms with Crippen molar-refractivity contribution in [1.29, 1.82) is 0 Å². The van der Waals surface area contributed by atoms with Gasteiger partial charge in [0.05, 0.1) is 11.4 Å². The van der Waals surface area contributed by atoms with Crippen molar-refractivity contribution in [2.24, 2.45) is 5.92 Å². The molecule has 0 bridgehead atoms. The minimum absolute atomic E-state index is 0.782. The fourth-order valence-electron chi connectivity index (χ4n) is 1.39. The van der Waals surface area contributed by atoms with E-state index in [0.717, 1.165) is 23.8 Å². The van der Waals surface area contributed by atoms with Crippen molar-refractivity contribution >= 4 is 11.4 Å². The van der Waals surface area contributed by atoms with Crippen LogP contribution in [0.2, 0.25) is 0 Å². The Hall–Kier alpha value is -1.18. The summed E-state index contributed by atoms with van der Waals surface area (Å²) in [5.41, 5.74) is 7.68. The fourth-order valence-corrected chi connectivity index (χ4v) is 1.39. The first-order valence-electron chi connectivity index (χ1n) is 5.28. The molecule has 1 aromatic carbocycles. The van der Waals surface area contributed by atoms with E-state index in [1.54, 1.807) is 0 Å². The van der Waals surface area contributed by atoms with Crippen LogP contribution >= 0.6 is 0 Å². The quantitative estimate of drug-likeness (QED) is 0.555. The van der Waals surface area contributed by atoms with Gasteiger partial charge in [0.15, 0.2) is 0 Å². The lowest BCUT2D eigenvalue weighted by molar-refractivity contribution is 0.567. The SMILES string of the molecule is CC(C)CCCNc1ccccc1N. The average molecular weight is 192 g/mol. The van der Waals surface area contributed by atoms with Gasteiger partial charge in [-0.2, -0.15) is 0 Å². The zero-order valence-electron chi connectivity index (χ0n) is 9.09. The predicted octanol–water partition coefficient (Wildman–Crippen LogP) is 3.12. The van der Waals surface area contributed by atoms with Gasteiger partial charge in [0.25, 0.3) is 0 Å². The third-order valence-electron chi connectivity index (χ3n) is 2.23. The van der Waals surface area contributed by atoms with Gasteiger partial charge < -0.3 is 11.1 Å². The highest BCUT2D eigenvalue weighted by Gasteiger charge is 1.97. The number of anilines is 2. The van der Waals surface area contributed by atoms with E-state index in [2.05, 4.69) is 19.2 Å². The molecule has 78 valence electrons. The highest BCUT2D eigenvalue weighted by Crippen LogP contribution is 2.16. The van der Waals surface area contributed by atoms with E-state index in [1.807, 2.05) is 24.3 Å². The Morgan fingerprint density at radius 2 is 2.00 bits per heavy atom. The Morgan fingerprint density at radius 3 is 2.64 bits per heavy atom. The number of nitrogens with two attached hydrogens (primary N) is 1. The summed E-state index contributed by atoms with van der Waals surface area (Å²) in [6.45, 7) is 5.50. The van der Waals surface area contributed by atoms with E-state index >= 15 is 0 Å². The minimum atomic E-state index is 0.782. The molecule has 0 heterocycles. The number of hydrogen-bond donors (Lipinski definition) is 2. The van der Waals surface area contributed by atoms with Crippen molar-refractivity contribution in [2.75, 3.05) is 17.6 Å². The van der Waals surface area contributed by atoms with E-state index in [0.29, 0.717) is 0 Å². The fraction of sp³-hybridized carbons (Fsp3) is 0.500. The maximum absolute atomic E-state index is 5.80. The monoisotopic (exact) mass is 192 g/mol. The van der Waals surface area contributed by atoms with Crippen molar-refractivity contribution in [3.05, 3.63) is 24.3 Å². The first-order chi connectivity index (χ1) is 6.70. The summed E-state index contributed by atoms with van der Waals surface area (Å²) in [6, 6.07) is 7.89. The number of rotatable bonds is 5. The standard InChI is InChI=1S/C12H20N2/c1-10(2)6-5-9-14-12-8-4-3-7-11(12)13/h3-4,7-8,10,14H,5-6,9,13H2,1-2H3. The molecular formula is C12H20N2. The summed E-state index contributed by atoms with van der Waals surface area (Å²) in [5.74, 6) is 0.782. The maximum atomic E-state index is 5.80. The average Bonchev–Trinajstić information content (AvgIpc) is 2.15. The molecule has 2 nitrogen and oxygen atoms in total. The zero-order valence-corrected chi connectivity index (χ0v) is 9.09. The Bertz CT molecular complexity index is 269. The van der Waals surface area contributed by atoms with E-state index in [-0.39, 0.29) is 0 Å². The van der Waals surface area contributed by atoms with Crippen molar-refractivity contribution < 1.29 is 0 Å². The molecule has 14 heavy (non-hydrogen) atoms. The molecule has 1 aromatic rings. The van der Waals surface area contributed by atoms with Crippen LogP contribution in [0.5, 0.6) is 0 Å². The van der Waals surface area contributed by atoms with Gasteiger partial charge in [-0.05, 0) is 30.9 Å². The Morgan fingerprint density at radius 1 is 1.29 bits per heavy atom. The van der Waals surface area contributed by atoms with Crippen LogP contribution in [0.15, 0.2) is 24.3 Å². The Kier molecular flexibility index (Phi) is 4.30. The van der Waals surface area contributed by atoms with Crippen molar-refractivity contribution in [3.8, 4) is 0 Å². The maximum Gasteiger partial charge on any atom is 0.0573 e. The van der Waals surface area contributed by atoms with Gasteiger partial charge in [0.2, 0.25) is 0 Å². The molecule has 0 radical (unpaired) electrons. The first kappa shape index (κ1) is 10.9. The topological polar surface area (TPSA) is 38.0 Å². The highest BCUT2D eigenvalue weighted by atomic mass is 14.9. The normalized spacial score (nSPS) is 10.5. The molecule has 0 atom stereocenters. The Labute approximate surface area is 86.5 Å². The number of nitrogen functional groups attached to an aromatic ring is 1. The van der Waals surface area contributed by atoms with Gasteiger partial charge in [0, 0.05) is 6.54 Å². The van der Waals surface area contributed by atoms with Crippen LogP contribution in [0.1, 0.15) is 26.7 Å². The number of para-hydroxylation sites is 2. The van der Waals surface area contributed by atoms with Gasteiger partial charge in [0.1, 0.15) is 0 Å². The molecule has 0 aromatic heterocycles. The second-order valence-electron chi connectivity index (χ2n) is 4.05. The van der Waals surface area contributed by atoms with Crippen LogP contribution in [-0.4, -0.2) is 6.54 Å². The Balaban J connectivity index is 2.28. The van der Waals surface area contributed by atoms with Gasteiger partial charge in [-0.3, -0.25) is 0 Å². The number of benzene rings is 1. The van der Waals surface area contributed by atoms with Crippen LogP contribution in [0, 0.1) is 5.92 Å². The molecule has 3 N–H and O–H groups in total. The lowest BCUT2D eigenvalue weighted by Gasteiger charge is -2.09. The molecule has 0 unspecified atom stereocenters. The van der Waals surface area contributed by atoms with E-state index in [4.69, 9.17) is 5.73 Å². The van der Waals surface area contributed by atoms with Gasteiger partial charge >= 0.3 is 0 Å². The highest BCUT2D eigenvalue weighted by molar-refractivity contribution is 5.65. The molecule has 0 aliphatic rings. The van der Waals surface area contributed by atoms with Gasteiger partial charge in [-0.15, -0.1) is 0 Å². The molecule has 0 saturated heterocycles. The largest absolute Gasteiger partial charge is 0.397 e. The third-order valence-corrected chi connectivity index (χ3v) is 2.23. The van der Waals surface area contributed by atoms with Gasteiger partial charge in [-0.25, -0.2) is 0 Å². The van der Waals surface area contributed by atoms with Gasteiger partial charge in [-0.1, -0.05) is 26.0 Å². The van der Waals surface area contributed by atoms with Crippen molar-refractivity contribution in [1.82, 2.24) is 0 Å². The molecule has 0 aliphatic heterocycles. The molecule has 0 aliphatic carbocycles. The predicted molar refractivity (Wildman–Crippen MR) is 63.4 cm³/mol. The van der Waals surface area contributed by atoms with Crippen molar-refractivity contribution in [3.63, 3.8) is 0 Å². The zero-order chi connectivity index (χ0) is 10.4. The van der Waals surface area contributed by atoms with Crippen LogP contribution in [0.3, 0.4) is 0 Å². The third kappa shape index (κ3) is 3.69. The second kappa shape index (κ2) is 5.53. The lowest BCUT2D eigenvalue weighted by Crippen LogP contribution is -2.04. The molecular weight excluding hydrogens is 172 g/mol. The summed E-state index contributed by atoms with van der Waals surface area (Å²) in [6.07, 6.45) is 2.46. The molecule has 0 saturated carbocycles. The molecule has 2 heteroatoms. The van der Waals surface area contributed by atoms with E-state index < -0.39 is 0 Å². The first-order valence-corrected chi connectivity index (χ1v) is 5.28. The second-order valence-corrected chi connectivity index (χ2v) is 4.05. The van der Waals surface area contributed by atoms with Crippen LogP contribution in [0.4, 0.5) is 11.4 Å².